The van der Waals surface area contributed by atoms with Crippen LogP contribution in [-0.4, -0.2) is 23.4 Å². The van der Waals surface area contributed by atoms with Gasteiger partial charge in [-0.2, -0.15) is 0 Å². The molecule has 21 heavy (non-hydrogen) atoms. The van der Waals surface area contributed by atoms with Gasteiger partial charge in [0, 0.05) is 21.6 Å². The third kappa shape index (κ3) is 2.64. The molecule has 2 aromatic carbocycles. The van der Waals surface area contributed by atoms with Crippen molar-refractivity contribution in [1.82, 2.24) is 4.98 Å². The third-order valence-corrected chi connectivity index (χ3v) is 3.88. The molecule has 106 valence electrons. The molecule has 0 fully saturated rings. The molecule has 0 amide bonds. The zero-order chi connectivity index (χ0) is 14.8. The molecule has 0 saturated heterocycles. The van der Waals surface area contributed by atoms with Gasteiger partial charge in [-0.25, -0.2) is 0 Å². The van der Waals surface area contributed by atoms with E-state index in [4.69, 9.17) is 4.74 Å². The Hall–Kier alpha value is -2.27. The number of hydrogen-bond acceptors (Lipinski definition) is 3. The topological polar surface area (TPSA) is 57.6 Å². The number of benzene rings is 2. The molecule has 0 radical (unpaired) electrons. The summed E-state index contributed by atoms with van der Waals surface area (Å²) in [4.78, 5) is 7.35. The minimum Gasteiger partial charge on any atom is -0.497 e. The summed E-state index contributed by atoms with van der Waals surface area (Å²) in [7, 11) is 1.61. The Morgan fingerprint density at radius 2 is 2.05 bits per heavy atom. The normalized spacial score (nSPS) is 11.3. The molecule has 0 spiro atoms. The van der Waals surface area contributed by atoms with Crippen LogP contribution in [0.5, 0.6) is 11.6 Å². The average molecular weight is 345 g/mol. The number of ether oxygens (including phenoxy) is 1. The number of aromatic nitrogens is 1. The molecule has 0 saturated carbocycles. The quantitative estimate of drug-likeness (QED) is 0.692. The van der Waals surface area contributed by atoms with Crippen LogP contribution in [-0.2, 0) is 0 Å². The summed E-state index contributed by atoms with van der Waals surface area (Å²) in [5.74, 6) is 0.825. The Kier molecular flexibility index (Phi) is 3.66. The number of aliphatic imine (C=N–C) groups is 1. The average Bonchev–Trinajstić information content (AvgIpc) is 2.81. The van der Waals surface area contributed by atoms with Crippen LogP contribution in [0.15, 0.2) is 51.9 Å². The summed E-state index contributed by atoms with van der Waals surface area (Å²) >= 11 is 3.45. The number of aromatic amines is 1. The van der Waals surface area contributed by atoms with Crippen molar-refractivity contribution in [2.24, 2.45) is 4.99 Å². The highest BCUT2D eigenvalue weighted by atomic mass is 79.9. The van der Waals surface area contributed by atoms with E-state index >= 15 is 0 Å². The Morgan fingerprint density at radius 1 is 1.24 bits per heavy atom. The second-order valence-electron chi connectivity index (χ2n) is 4.51. The fraction of sp³-hybridized carbons (Fsp3) is 0.0625. The van der Waals surface area contributed by atoms with Gasteiger partial charge in [0.05, 0.1) is 18.4 Å². The molecule has 1 heterocycles. The zero-order valence-electron chi connectivity index (χ0n) is 11.3. The number of aromatic hydroxyl groups is 1. The van der Waals surface area contributed by atoms with Gasteiger partial charge in [-0.05, 0) is 46.3 Å². The number of nitrogens with one attached hydrogen (secondary N) is 1. The van der Waals surface area contributed by atoms with Crippen LogP contribution in [0.25, 0.3) is 10.9 Å². The molecule has 1 aromatic heterocycles. The van der Waals surface area contributed by atoms with E-state index in [9.17, 15) is 5.11 Å². The lowest BCUT2D eigenvalue weighted by atomic mass is 10.1. The van der Waals surface area contributed by atoms with Crippen LogP contribution in [0.4, 0.5) is 5.69 Å². The maximum atomic E-state index is 10.0. The summed E-state index contributed by atoms with van der Waals surface area (Å²) in [5.41, 5.74) is 2.27. The summed E-state index contributed by atoms with van der Waals surface area (Å²) in [6.45, 7) is 0. The molecular weight excluding hydrogens is 332 g/mol. The van der Waals surface area contributed by atoms with Crippen molar-refractivity contribution in [1.29, 1.82) is 0 Å². The van der Waals surface area contributed by atoms with Gasteiger partial charge >= 0.3 is 0 Å². The Balaban J connectivity index is 2.07. The number of halogens is 1. The van der Waals surface area contributed by atoms with Crippen molar-refractivity contribution in [3.63, 3.8) is 0 Å². The number of fused-ring (bicyclic) bond motifs is 1. The molecule has 3 rings (SSSR count). The first-order valence-corrected chi connectivity index (χ1v) is 7.15. The summed E-state index contributed by atoms with van der Waals surface area (Å²) < 4.78 is 6.12. The summed E-state index contributed by atoms with van der Waals surface area (Å²) in [6, 6.07) is 13.2. The van der Waals surface area contributed by atoms with Crippen LogP contribution < -0.4 is 4.74 Å². The third-order valence-electron chi connectivity index (χ3n) is 3.21. The van der Waals surface area contributed by atoms with E-state index in [1.54, 1.807) is 13.3 Å². The first-order chi connectivity index (χ1) is 10.2. The van der Waals surface area contributed by atoms with Crippen LogP contribution in [0.2, 0.25) is 0 Å². The van der Waals surface area contributed by atoms with Gasteiger partial charge in [-0.15, -0.1) is 0 Å². The molecule has 4 nitrogen and oxygen atoms in total. The van der Waals surface area contributed by atoms with Crippen LogP contribution in [0, 0.1) is 0 Å². The smallest absolute Gasteiger partial charge is 0.198 e. The molecule has 0 unspecified atom stereocenters. The first-order valence-electron chi connectivity index (χ1n) is 6.36. The van der Waals surface area contributed by atoms with Gasteiger partial charge in [0.1, 0.15) is 5.75 Å². The van der Waals surface area contributed by atoms with Crippen LogP contribution in [0.3, 0.4) is 0 Å². The predicted molar refractivity (Wildman–Crippen MR) is 87.9 cm³/mol. The monoisotopic (exact) mass is 344 g/mol. The molecule has 0 bridgehead atoms. The number of rotatable bonds is 3. The van der Waals surface area contributed by atoms with Gasteiger partial charge in [0.2, 0.25) is 0 Å². The van der Waals surface area contributed by atoms with E-state index in [0.717, 1.165) is 26.8 Å². The van der Waals surface area contributed by atoms with Gasteiger partial charge in [-0.1, -0.05) is 12.1 Å². The maximum absolute atomic E-state index is 10.0. The highest BCUT2D eigenvalue weighted by Crippen LogP contribution is 2.30. The standard InChI is InChI=1S/C16H13BrN2O2/c1-21-10-6-7-14-11(8-10)12(16(20)19-14)9-18-15-5-3-2-4-13(15)17/h2-9,19-20H,1H3. The van der Waals surface area contributed by atoms with Crippen molar-refractivity contribution < 1.29 is 9.84 Å². The summed E-state index contributed by atoms with van der Waals surface area (Å²) in [5, 5.41) is 10.9. The maximum Gasteiger partial charge on any atom is 0.198 e. The number of methoxy groups -OCH3 is 1. The highest BCUT2D eigenvalue weighted by molar-refractivity contribution is 9.10. The molecule has 2 N–H and O–H groups in total. The molecule has 0 aliphatic carbocycles. The molecule has 0 aliphatic rings. The molecule has 3 aromatic rings. The lowest BCUT2D eigenvalue weighted by Crippen LogP contribution is -1.83. The Morgan fingerprint density at radius 3 is 2.81 bits per heavy atom. The second kappa shape index (κ2) is 5.61. The van der Waals surface area contributed by atoms with Crippen molar-refractivity contribution in [2.75, 3.05) is 7.11 Å². The highest BCUT2D eigenvalue weighted by Gasteiger charge is 2.10. The zero-order valence-corrected chi connectivity index (χ0v) is 12.9. The number of nitrogens with zero attached hydrogens (tertiary/aromatic N) is 1. The van der Waals surface area contributed by atoms with E-state index in [1.165, 1.54) is 0 Å². The van der Waals surface area contributed by atoms with Gasteiger partial charge in [-0.3, -0.25) is 4.99 Å². The van der Waals surface area contributed by atoms with E-state index in [0.29, 0.717) is 5.56 Å². The number of para-hydroxylation sites is 1. The fourth-order valence-corrected chi connectivity index (χ4v) is 2.51. The minimum absolute atomic E-state index is 0.0917. The number of H-pyrrole nitrogens is 1. The fourth-order valence-electron chi connectivity index (χ4n) is 2.13. The van der Waals surface area contributed by atoms with Crippen LogP contribution in [0.1, 0.15) is 5.56 Å². The van der Waals surface area contributed by atoms with Gasteiger partial charge < -0.3 is 14.8 Å². The van der Waals surface area contributed by atoms with Crippen molar-refractivity contribution in [2.45, 2.75) is 0 Å². The largest absolute Gasteiger partial charge is 0.497 e. The molecule has 0 atom stereocenters. The molecule has 0 aliphatic heterocycles. The molecule has 5 heteroatoms. The summed E-state index contributed by atoms with van der Waals surface area (Å²) in [6.07, 6.45) is 1.65. The predicted octanol–water partition coefficient (Wildman–Crippen LogP) is 4.40. The number of hydrogen-bond donors (Lipinski definition) is 2. The Labute approximate surface area is 130 Å². The van der Waals surface area contributed by atoms with Crippen molar-refractivity contribution >= 4 is 38.7 Å². The Bertz CT molecular complexity index is 824. The lowest BCUT2D eigenvalue weighted by molar-refractivity contribution is 0.415. The van der Waals surface area contributed by atoms with E-state index in [2.05, 4.69) is 25.9 Å². The van der Waals surface area contributed by atoms with Crippen molar-refractivity contribution in [3.05, 3.63) is 52.5 Å². The minimum atomic E-state index is 0.0917. The van der Waals surface area contributed by atoms with Crippen molar-refractivity contribution in [3.8, 4) is 11.6 Å². The van der Waals surface area contributed by atoms with E-state index in [-0.39, 0.29) is 5.88 Å². The van der Waals surface area contributed by atoms with E-state index < -0.39 is 0 Å². The SMILES string of the molecule is COc1ccc2[nH]c(O)c(C=Nc3ccccc3Br)c2c1. The van der Waals surface area contributed by atoms with Gasteiger partial charge in [0.25, 0.3) is 0 Å². The van der Waals surface area contributed by atoms with Crippen LogP contribution >= 0.6 is 15.9 Å². The molecular formula is C16H13BrN2O2. The first kappa shape index (κ1) is 13.7. The van der Waals surface area contributed by atoms with Gasteiger partial charge in [0.15, 0.2) is 5.88 Å². The van der Waals surface area contributed by atoms with E-state index in [1.807, 2.05) is 42.5 Å². The second-order valence-corrected chi connectivity index (χ2v) is 5.36. The lowest BCUT2D eigenvalue weighted by Gasteiger charge is -1.99.